The summed E-state index contributed by atoms with van der Waals surface area (Å²) in [6.45, 7) is 1.75. The quantitative estimate of drug-likeness (QED) is 0.218. The van der Waals surface area contributed by atoms with Crippen LogP contribution in [0.25, 0.3) is 0 Å². The molecule has 0 amide bonds. The molecule has 0 saturated carbocycles. The minimum absolute atomic E-state index is 0.0228. The van der Waals surface area contributed by atoms with E-state index in [0.29, 0.717) is 0 Å². The van der Waals surface area contributed by atoms with Crippen molar-refractivity contribution < 1.29 is 24.8 Å². The second-order valence-electron chi connectivity index (χ2n) is 1.57. The molecule has 0 fully saturated rings. The molecule has 0 rings (SSSR count). The molecule has 68 valence electrons. The van der Waals surface area contributed by atoms with Crippen LogP contribution in [0.1, 0.15) is 6.92 Å². The van der Waals surface area contributed by atoms with Gasteiger partial charge in [-0.15, -0.1) is 0 Å². The Morgan fingerprint density at radius 1 is 1.75 bits per heavy atom. The second kappa shape index (κ2) is 7.09. The van der Waals surface area contributed by atoms with Gasteiger partial charge in [0.2, 0.25) is 0 Å². The molecule has 0 spiro atoms. The average Bonchev–Trinajstić information content (AvgIpc) is 2.06. The summed E-state index contributed by atoms with van der Waals surface area (Å²) in [4.78, 5) is 1.80. The summed E-state index contributed by atoms with van der Waals surface area (Å²) in [6.07, 6.45) is 2.47. The van der Waals surface area contributed by atoms with Crippen LogP contribution < -0.4 is 21.6 Å². The fourth-order valence-corrected chi connectivity index (χ4v) is 0.950. The third-order valence-electron chi connectivity index (χ3n) is 0.810. The van der Waals surface area contributed by atoms with Crippen LogP contribution >= 0.6 is 0 Å². The summed E-state index contributed by atoms with van der Waals surface area (Å²) < 4.78 is 4.68. The van der Waals surface area contributed by atoms with Crippen molar-refractivity contribution in [1.82, 2.24) is 5.23 Å². The summed E-state index contributed by atoms with van der Waals surface area (Å²) in [6, 6.07) is 0. The normalized spacial score (nSPS) is 8.25. The van der Waals surface area contributed by atoms with Gasteiger partial charge in [-0.1, -0.05) is 0 Å². The van der Waals surface area contributed by atoms with Crippen molar-refractivity contribution in [2.45, 2.75) is 6.92 Å². The topological polar surface area (TPSA) is 59.4 Å². The molecule has 0 atom stereocenters. The molecule has 5 heteroatoms. The zero-order valence-corrected chi connectivity index (χ0v) is 8.95. The Kier molecular flexibility index (Phi) is 6.75. The number of hydrogen-bond acceptors (Lipinski definition) is 4. The molecular formula is C7H9IN2O2-2. The number of halogens is 1. The number of alkyl halides is 1. The molecule has 0 aromatic rings. The van der Waals surface area contributed by atoms with Gasteiger partial charge in [0.25, 0.3) is 0 Å². The molecule has 0 aliphatic heterocycles. The van der Waals surface area contributed by atoms with Crippen LogP contribution in [-0.4, -0.2) is 16.4 Å². The van der Waals surface area contributed by atoms with E-state index in [9.17, 15) is 5.21 Å². The van der Waals surface area contributed by atoms with Gasteiger partial charge in [-0.2, -0.15) is 0 Å². The van der Waals surface area contributed by atoms with Crippen molar-refractivity contribution in [2.75, 3.05) is 4.93 Å². The molecule has 12 heavy (non-hydrogen) atoms. The van der Waals surface area contributed by atoms with Crippen molar-refractivity contribution in [3.8, 4) is 0 Å². The minimum atomic E-state index is -0.577. The van der Waals surface area contributed by atoms with Crippen LogP contribution in [0.15, 0.2) is 23.2 Å². The van der Waals surface area contributed by atoms with Crippen molar-refractivity contribution >= 4 is 6.21 Å². The number of hydroxylamine groups is 2. The van der Waals surface area contributed by atoms with Gasteiger partial charge in [-0.25, -0.2) is 0 Å². The Balaban J connectivity index is 4.55. The molecule has 0 aliphatic rings. The zero-order valence-electron chi connectivity index (χ0n) is 6.80. The van der Waals surface area contributed by atoms with Crippen molar-refractivity contribution in [3.63, 3.8) is 0 Å². The van der Waals surface area contributed by atoms with Crippen molar-refractivity contribution in [2.24, 2.45) is 0 Å². The second-order valence-corrected chi connectivity index (χ2v) is 2.84. The van der Waals surface area contributed by atoms with Crippen LogP contribution in [0, 0.1) is 10.6 Å². The van der Waals surface area contributed by atoms with Gasteiger partial charge in [0.05, 0.1) is 0 Å². The Hall–Kier alpha value is -0.580. The third kappa shape index (κ3) is 4.33. The molecule has 0 aromatic carbocycles. The summed E-state index contributed by atoms with van der Waals surface area (Å²) in [5, 5.41) is 18.0. The summed E-state index contributed by atoms with van der Waals surface area (Å²) in [7, 11) is 0. The van der Waals surface area contributed by atoms with Gasteiger partial charge < -0.3 is 0 Å². The Morgan fingerprint density at radius 2 is 2.42 bits per heavy atom. The molecule has 0 heterocycles. The Labute approximate surface area is 82.1 Å². The van der Waals surface area contributed by atoms with Gasteiger partial charge in [0.1, 0.15) is 0 Å². The van der Waals surface area contributed by atoms with Crippen LogP contribution in [0.2, 0.25) is 0 Å². The van der Waals surface area contributed by atoms with Gasteiger partial charge in [-0.3, -0.25) is 0 Å². The van der Waals surface area contributed by atoms with E-state index in [0.717, 1.165) is 6.21 Å². The van der Waals surface area contributed by atoms with Gasteiger partial charge in [-0.05, 0) is 0 Å². The number of allylic oxidation sites excluding steroid dienone is 2. The fraction of sp³-hybridized carbons (Fsp3) is 0.286. The van der Waals surface area contributed by atoms with Crippen LogP contribution in [-0.2, 0) is 3.17 Å². The van der Waals surface area contributed by atoms with E-state index >= 15 is 0 Å². The van der Waals surface area contributed by atoms with Crippen LogP contribution in [0.4, 0.5) is 0 Å². The first-order valence-electron chi connectivity index (χ1n) is 3.06. The van der Waals surface area contributed by atoms with Gasteiger partial charge in [0, 0.05) is 0 Å². The first-order chi connectivity index (χ1) is 5.76. The maximum absolute atomic E-state index is 10.9. The molecule has 4 nitrogen and oxygen atoms in total. The molecule has 0 aromatic heterocycles. The van der Waals surface area contributed by atoms with E-state index in [-0.39, 0.29) is 10.9 Å². The monoisotopic (exact) mass is 280 g/mol. The summed E-state index contributed by atoms with van der Waals surface area (Å²) in [5.41, 5.74) is 5.07. The number of hydrogen-bond donors (Lipinski definition) is 1. The first kappa shape index (κ1) is 11.4. The molecule has 0 saturated heterocycles. The van der Waals surface area contributed by atoms with E-state index in [2.05, 4.69) is 14.6 Å². The third-order valence-corrected chi connectivity index (χ3v) is 1.56. The van der Waals surface area contributed by atoms with E-state index in [1.807, 2.05) is 0 Å². The molecular weight excluding hydrogens is 271 g/mol. The molecule has 0 bridgehead atoms. The number of nitrogens with zero attached hydrogens (tertiary/aromatic N) is 1. The Morgan fingerprint density at radius 3 is 2.83 bits per heavy atom. The molecule has 1 N–H and O–H groups in total. The van der Waals surface area contributed by atoms with Gasteiger partial charge >= 0.3 is 81.9 Å². The first-order valence-corrected chi connectivity index (χ1v) is 6.10. The molecule has 0 unspecified atom stereocenters. The SMILES string of the molecule is CC=C=C=C(C=N)N([O-])O[I-]C. The van der Waals surface area contributed by atoms with E-state index < -0.39 is 21.6 Å². The van der Waals surface area contributed by atoms with Crippen LogP contribution in [0.5, 0.6) is 0 Å². The molecule has 0 radical (unpaired) electrons. The predicted octanol–water partition coefficient (Wildman–Crippen LogP) is -1.78. The maximum atomic E-state index is 10.9. The Bertz CT molecular complexity index is 240. The van der Waals surface area contributed by atoms with E-state index in [4.69, 9.17) is 5.41 Å². The van der Waals surface area contributed by atoms with Crippen LogP contribution in [0.3, 0.4) is 0 Å². The van der Waals surface area contributed by atoms with Crippen molar-refractivity contribution in [3.05, 3.63) is 28.4 Å². The summed E-state index contributed by atoms with van der Waals surface area (Å²) >= 11 is -0.577. The van der Waals surface area contributed by atoms with Gasteiger partial charge in [0.15, 0.2) is 0 Å². The zero-order chi connectivity index (χ0) is 9.40. The number of rotatable bonds is 4. The summed E-state index contributed by atoms with van der Waals surface area (Å²) in [5.74, 6) is 0. The number of nitrogens with one attached hydrogen (secondary N) is 1. The van der Waals surface area contributed by atoms with E-state index in [1.165, 1.54) is 0 Å². The standard InChI is InChI=1S/C7H9IN2O2/c1-3-4-5-7(6-9)10(11)12-8-2/h3,6,9H,1-2H3/q-2. The predicted molar refractivity (Wildman–Crippen MR) is 41.8 cm³/mol. The van der Waals surface area contributed by atoms with Crippen molar-refractivity contribution in [1.29, 1.82) is 5.41 Å². The fourth-order valence-electron chi connectivity index (χ4n) is 0.380. The van der Waals surface area contributed by atoms with E-state index in [1.54, 1.807) is 17.9 Å². The average molecular weight is 280 g/mol. The molecule has 0 aliphatic carbocycles.